The van der Waals surface area contributed by atoms with Crippen LogP contribution in [-0.4, -0.2) is 59.1 Å². The molecule has 0 saturated carbocycles. The molecule has 0 spiro atoms. The van der Waals surface area contributed by atoms with Crippen LogP contribution >= 0.6 is 0 Å². The zero-order valence-electron chi connectivity index (χ0n) is 22.3. The van der Waals surface area contributed by atoms with E-state index in [-0.39, 0.29) is 33.4 Å². The molecule has 1 amide bonds. The van der Waals surface area contributed by atoms with E-state index in [4.69, 9.17) is 4.74 Å². The number of halogens is 5. The monoisotopic (exact) mass is 588 g/mol. The molecule has 1 aliphatic rings. The maximum atomic E-state index is 15.4. The summed E-state index contributed by atoms with van der Waals surface area (Å²) in [5.74, 6) is -2.84. The summed E-state index contributed by atoms with van der Waals surface area (Å²) >= 11 is 0. The first-order valence-electron chi connectivity index (χ1n) is 13.0. The Morgan fingerprint density at radius 2 is 1.83 bits per heavy atom. The number of rotatable bonds is 6. The highest BCUT2D eigenvalue weighted by molar-refractivity contribution is 5.96. The lowest BCUT2D eigenvalue weighted by molar-refractivity contribution is -0.274. The molecule has 1 atom stereocenters. The van der Waals surface area contributed by atoms with E-state index in [0.29, 0.717) is 32.7 Å². The maximum Gasteiger partial charge on any atom is 0.573 e. The second kappa shape index (κ2) is 11.9. The van der Waals surface area contributed by atoms with Crippen molar-refractivity contribution in [3.8, 4) is 22.6 Å². The largest absolute Gasteiger partial charge is 0.573 e. The molecule has 1 aliphatic heterocycles. The number of benzene rings is 3. The topological polar surface area (TPSA) is 85.7 Å². The van der Waals surface area contributed by atoms with Gasteiger partial charge in [0, 0.05) is 30.8 Å². The van der Waals surface area contributed by atoms with Crippen LogP contribution in [0.1, 0.15) is 13.3 Å². The SMILES string of the molecule is CC(C(=O)Nc1cc(-n2cnc3c(F)c(-c4ccccc4F)ccc3c2=O)ccc1OC(F)(F)F)N1CCCOCC1. The van der Waals surface area contributed by atoms with E-state index in [1.54, 1.807) is 13.0 Å². The minimum atomic E-state index is -5.05. The fourth-order valence-corrected chi connectivity index (χ4v) is 4.77. The smallest absolute Gasteiger partial charge is 0.404 e. The van der Waals surface area contributed by atoms with E-state index < -0.39 is 41.3 Å². The predicted molar refractivity (Wildman–Crippen MR) is 144 cm³/mol. The molecule has 42 heavy (non-hydrogen) atoms. The van der Waals surface area contributed by atoms with E-state index in [2.05, 4.69) is 15.0 Å². The highest BCUT2D eigenvalue weighted by atomic mass is 19.4. The number of anilines is 1. The molecule has 0 bridgehead atoms. The molecule has 0 aliphatic carbocycles. The number of nitrogens with zero attached hydrogens (tertiary/aromatic N) is 3. The number of fused-ring (bicyclic) bond motifs is 1. The molecule has 0 radical (unpaired) electrons. The van der Waals surface area contributed by atoms with Crippen LogP contribution in [0.4, 0.5) is 27.6 Å². The van der Waals surface area contributed by atoms with Gasteiger partial charge in [-0.2, -0.15) is 0 Å². The Morgan fingerprint density at radius 3 is 2.60 bits per heavy atom. The van der Waals surface area contributed by atoms with Crippen molar-refractivity contribution in [1.82, 2.24) is 14.5 Å². The van der Waals surface area contributed by atoms with Gasteiger partial charge in [0.15, 0.2) is 11.6 Å². The van der Waals surface area contributed by atoms with Crippen molar-refractivity contribution in [1.29, 1.82) is 0 Å². The lowest BCUT2D eigenvalue weighted by Crippen LogP contribution is -2.43. The molecule has 1 fully saturated rings. The van der Waals surface area contributed by atoms with E-state index in [1.807, 2.05) is 4.90 Å². The van der Waals surface area contributed by atoms with Gasteiger partial charge >= 0.3 is 6.36 Å². The van der Waals surface area contributed by atoms with Gasteiger partial charge in [0.25, 0.3) is 5.56 Å². The second-order valence-corrected chi connectivity index (χ2v) is 9.62. The summed E-state index contributed by atoms with van der Waals surface area (Å²) in [6.45, 7) is 3.60. The van der Waals surface area contributed by atoms with Crippen molar-refractivity contribution in [2.75, 3.05) is 31.6 Å². The molecule has 1 unspecified atom stereocenters. The Morgan fingerprint density at radius 1 is 1.05 bits per heavy atom. The van der Waals surface area contributed by atoms with Crippen molar-refractivity contribution in [2.24, 2.45) is 0 Å². The number of carbonyl (C=O) groups is 1. The van der Waals surface area contributed by atoms with Crippen molar-refractivity contribution in [3.63, 3.8) is 0 Å². The number of carbonyl (C=O) groups excluding carboxylic acids is 1. The Labute approximate surface area is 236 Å². The Kier molecular flexibility index (Phi) is 8.23. The minimum Gasteiger partial charge on any atom is -0.404 e. The molecule has 8 nitrogen and oxygen atoms in total. The maximum absolute atomic E-state index is 15.4. The number of ether oxygens (including phenoxy) is 2. The average molecular weight is 589 g/mol. The van der Waals surface area contributed by atoms with Gasteiger partial charge in [0.05, 0.1) is 29.4 Å². The molecule has 1 N–H and O–H groups in total. The first kappa shape index (κ1) is 29.1. The number of alkyl halides is 3. The molecule has 1 saturated heterocycles. The van der Waals surface area contributed by atoms with Crippen LogP contribution in [-0.2, 0) is 9.53 Å². The molecule has 220 valence electrons. The van der Waals surface area contributed by atoms with Gasteiger partial charge in [0.2, 0.25) is 5.91 Å². The van der Waals surface area contributed by atoms with Crippen LogP contribution in [0.3, 0.4) is 0 Å². The molecular weight excluding hydrogens is 563 g/mol. The van der Waals surface area contributed by atoms with Crippen LogP contribution < -0.4 is 15.6 Å². The number of hydrogen-bond donors (Lipinski definition) is 1. The lowest BCUT2D eigenvalue weighted by atomic mass is 10.0. The van der Waals surface area contributed by atoms with E-state index in [1.165, 1.54) is 36.4 Å². The summed E-state index contributed by atoms with van der Waals surface area (Å²) in [5, 5.41) is 2.33. The fraction of sp³-hybridized carbons (Fsp3) is 0.276. The number of hydrogen-bond acceptors (Lipinski definition) is 6. The van der Waals surface area contributed by atoms with Gasteiger partial charge in [-0.1, -0.05) is 24.3 Å². The third kappa shape index (κ3) is 6.11. The van der Waals surface area contributed by atoms with E-state index in [9.17, 15) is 27.2 Å². The summed E-state index contributed by atoms with van der Waals surface area (Å²) < 4.78 is 79.6. The normalized spacial score (nSPS) is 15.3. The summed E-state index contributed by atoms with van der Waals surface area (Å²) in [7, 11) is 0. The molecule has 4 aromatic rings. The van der Waals surface area contributed by atoms with Gasteiger partial charge < -0.3 is 14.8 Å². The highest BCUT2D eigenvalue weighted by Gasteiger charge is 2.33. The third-order valence-electron chi connectivity index (χ3n) is 6.94. The van der Waals surface area contributed by atoms with Crippen LogP contribution in [0.25, 0.3) is 27.7 Å². The van der Waals surface area contributed by atoms with Crippen LogP contribution in [0.15, 0.2) is 65.7 Å². The molecule has 1 aromatic heterocycles. The zero-order valence-corrected chi connectivity index (χ0v) is 22.3. The Bertz CT molecular complexity index is 1680. The summed E-state index contributed by atoms with van der Waals surface area (Å²) in [5.41, 5.74) is -1.44. The van der Waals surface area contributed by atoms with Crippen LogP contribution in [0.5, 0.6) is 5.75 Å². The number of nitrogens with one attached hydrogen (secondary N) is 1. The van der Waals surface area contributed by atoms with E-state index >= 15 is 4.39 Å². The van der Waals surface area contributed by atoms with Crippen LogP contribution in [0.2, 0.25) is 0 Å². The minimum absolute atomic E-state index is 0.00885. The van der Waals surface area contributed by atoms with Gasteiger partial charge in [0.1, 0.15) is 17.7 Å². The van der Waals surface area contributed by atoms with Crippen molar-refractivity contribution in [3.05, 3.63) is 82.9 Å². The van der Waals surface area contributed by atoms with Gasteiger partial charge in [-0.05, 0) is 43.7 Å². The third-order valence-corrected chi connectivity index (χ3v) is 6.94. The summed E-state index contributed by atoms with van der Waals surface area (Å²) in [6, 6.07) is 10.7. The fourth-order valence-electron chi connectivity index (χ4n) is 4.77. The molecule has 3 aromatic carbocycles. The first-order chi connectivity index (χ1) is 20.0. The van der Waals surface area contributed by atoms with Crippen LogP contribution in [0, 0.1) is 11.6 Å². The highest BCUT2D eigenvalue weighted by Crippen LogP contribution is 2.33. The van der Waals surface area contributed by atoms with Crippen molar-refractivity contribution in [2.45, 2.75) is 25.7 Å². The van der Waals surface area contributed by atoms with Gasteiger partial charge in [-0.15, -0.1) is 13.2 Å². The second-order valence-electron chi connectivity index (χ2n) is 9.62. The Hall–Kier alpha value is -4.36. The summed E-state index contributed by atoms with van der Waals surface area (Å²) in [6.07, 6.45) is -3.36. The summed E-state index contributed by atoms with van der Waals surface area (Å²) in [4.78, 5) is 32.3. The number of aromatic nitrogens is 2. The average Bonchev–Trinajstić information content (AvgIpc) is 3.24. The van der Waals surface area contributed by atoms with Crippen molar-refractivity contribution < 1.29 is 36.2 Å². The Balaban J connectivity index is 1.52. The zero-order chi connectivity index (χ0) is 30.0. The lowest BCUT2D eigenvalue weighted by Gasteiger charge is -2.26. The first-order valence-corrected chi connectivity index (χ1v) is 13.0. The standard InChI is InChI=1S/C29H25F5N4O4/c1-17(37-11-4-13-41-14-12-37)27(39)36-23-15-18(7-10-24(23)42-29(32,33)34)38-16-35-26-21(28(38)40)9-8-20(25(26)31)19-5-2-3-6-22(19)30/h2-3,5-10,15-17H,4,11-14H2,1H3,(H,36,39). The van der Waals surface area contributed by atoms with E-state index in [0.717, 1.165) is 23.0 Å². The molecular formula is C29H25F5N4O4. The van der Waals surface area contributed by atoms with Crippen molar-refractivity contribution >= 4 is 22.5 Å². The number of amides is 1. The predicted octanol–water partition coefficient (Wildman–Crippen LogP) is 5.28. The van der Waals surface area contributed by atoms with Gasteiger partial charge in [-0.25, -0.2) is 13.8 Å². The molecule has 13 heteroatoms. The van der Waals surface area contributed by atoms with Gasteiger partial charge in [-0.3, -0.25) is 19.1 Å². The molecule has 5 rings (SSSR count). The molecule has 2 heterocycles. The quantitative estimate of drug-likeness (QED) is 0.309.